The number of hydrogen-bond acceptors (Lipinski definition) is 4. The zero-order valence-corrected chi connectivity index (χ0v) is 14.6. The molecule has 0 radical (unpaired) electrons. The number of carbonyl (C=O) groups excluding carboxylic acids is 1. The van der Waals surface area contributed by atoms with Gasteiger partial charge in [-0.25, -0.2) is 4.98 Å². The molecule has 2 heterocycles. The first-order valence-electron chi connectivity index (χ1n) is 8.48. The van der Waals surface area contributed by atoms with Crippen LogP contribution in [-0.4, -0.2) is 39.5 Å². The number of likely N-dealkylation sites (tertiary alicyclic amines) is 1. The van der Waals surface area contributed by atoms with Crippen molar-refractivity contribution in [2.75, 3.05) is 6.54 Å². The van der Waals surface area contributed by atoms with E-state index in [9.17, 15) is 14.7 Å². The summed E-state index contributed by atoms with van der Waals surface area (Å²) in [5, 5.41) is 10.3. The zero-order valence-electron chi connectivity index (χ0n) is 13.7. The molecule has 2 aliphatic rings. The topological polar surface area (TPSA) is 70.5 Å². The van der Waals surface area contributed by atoms with Gasteiger partial charge in [0.15, 0.2) is 0 Å². The average Bonchev–Trinajstić information content (AvgIpc) is 3.16. The number of aliphatic carboxylic acids is 1. The smallest absolute Gasteiger partial charge is 0.308 e. The second-order valence-electron chi connectivity index (χ2n) is 6.87. The summed E-state index contributed by atoms with van der Waals surface area (Å²) in [5.41, 5.74) is 0.798. The number of carbonyl (C=O) groups is 2. The number of aromatic nitrogens is 1. The van der Waals surface area contributed by atoms with Crippen LogP contribution in [0.3, 0.4) is 0 Å². The quantitative estimate of drug-likeness (QED) is 0.918. The molecule has 1 aromatic rings. The fourth-order valence-electron chi connectivity index (χ4n) is 3.69. The summed E-state index contributed by atoms with van der Waals surface area (Å²) in [7, 11) is 0. The molecule has 1 aromatic heterocycles. The molecular weight excluding hydrogens is 312 g/mol. The minimum Gasteiger partial charge on any atom is -0.481 e. The minimum absolute atomic E-state index is 0.0392. The van der Waals surface area contributed by atoms with Gasteiger partial charge in [0.2, 0.25) is 0 Å². The van der Waals surface area contributed by atoms with Gasteiger partial charge in [0.25, 0.3) is 5.91 Å². The lowest BCUT2D eigenvalue weighted by Gasteiger charge is -2.36. The molecule has 1 N–H and O–H groups in total. The highest BCUT2D eigenvalue weighted by atomic mass is 32.1. The molecule has 2 fully saturated rings. The lowest BCUT2D eigenvalue weighted by atomic mass is 9.93. The molecule has 5 nitrogen and oxygen atoms in total. The number of piperidine rings is 1. The Kier molecular flexibility index (Phi) is 4.71. The zero-order chi connectivity index (χ0) is 16.6. The summed E-state index contributed by atoms with van der Waals surface area (Å²) >= 11 is 1.52. The van der Waals surface area contributed by atoms with Crippen LogP contribution in [0.25, 0.3) is 0 Å². The number of rotatable bonds is 3. The van der Waals surface area contributed by atoms with Crippen molar-refractivity contribution in [2.45, 2.75) is 64.3 Å². The molecule has 3 rings (SSSR count). The van der Waals surface area contributed by atoms with Gasteiger partial charge in [-0.15, -0.1) is 11.3 Å². The van der Waals surface area contributed by atoms with E-state index in [0.717, 1.165) is 17.1 Å². The van der Waals surface area contributed by atoms with Gasteiger partial charge in [0, 0.05) is 18.5 Å². The molecule has 1 saturated carbocycles. The first-order chi connectivity index (χ1) is 11.0. The Labute approximate surface area is 140 Å². The van der Waals surface area contributed by atoms with Crippen LogP contribution in [0.4, 0.5) is 0 Å². The van der Waals surface area contributed by atoms with Crippen LogP contribution in [0.5, 0.6) is 0 Å². The minimum atomic E-state index is -0.803. The third kappa shape index (κ3) is 3.27. The highest BCUT2D eigenvalue weighted by Gasteiger charge is 2.34. The fourth-order valence-corrected chi connectivity index (χ4v) is 4.88. The van der Waals surface area contributed by atoms with E-state index < -0.39 is 11.9 Å². The molecular formula is C17H24N2O3S. The van der Waals surface area contributed by atoms with Crippen molar-refractivity contribution in [1.29, 1.82) is 0 Å². The van der Waals surface area contributed by atoms with Crippen LogP contribution in [0.2, 0.25) is 0 Å². The molecule has 2 atom stereocenters. The third-order valence-corrected chi connectivity index (χ3v) is 6.51. The number of amides is 1. The summed E-state index contributed by atoms with van der Waals surface area (Å²) in [6.45, 7) is 4.21. The van der Waals surface area contributed by atoms with E-state index in [1.54, 1.807) is 4.90 Å². The Hall–Kier alpha value is -1.43. The summed E-state index contributed by atoms with van der Waals surface area (Å²) in [5.74, 6) is -0.784. The maximum atomic E-state index is 12.9. The van der Waals surface area contributed by atoms with E-state index >= 15 is 0 Å². The summed E-state index contributed by atoms with van der Waals surface area (Å²) in [6, 6.07) is 0.0922. The number of hydrogen-bond donors (Lipinski definition) is 1. The van der Waals surface area contributed by atoms with Crippen molar-refractivity contribution in [1.82, 2.24) is 9.88 Å². The van der Waals surface area contributed by atoms with Gasteiger partial charge < -0.3 is 10.0 Å². The molecule has 1 amide bonds. The van der Waals surface area contributed by atoms with E-state index in [4.69, 9.17) is 0 Å². The molecule has 2 unspecified atom stereocenters. The molecule has 1 aliphatic carbocycles. The van der Waals surface area contributed by atoms with Crippen LogP contribution in [0, 0.1) is 12.8 Å². The first-order valence-corrected chi connectivity index (χ1v) is 9.30. The Morgan fingerprint density at radius 2 is 1.91 bits per heavy atom. The maximum absolute atomic E-state index is 12.9. The van der Waals surface area contributed by atoms with E-state index in [-0.39, 0.29) is 11.9 Å². The molecule has 23 heavy (non-hydrogen) atoms. The fraction of sp³-hybridized carbons (Fsp3) is 0.706. The van der Waals surface area contributed by atoms with Gasteiger partial charge in [-0.1, -0.05) is 12.8 Å². The van der Waals surface area contributed by atoms with Crippen LogP contribution >= 0.6 is 11.3 Å². The molecule has 0 aromatic carbocycles. The second-order valence-corrected chi connectivity index (χ2v) is 7.90. The highest BCUT2D eigenvalue weighted by Crippen LogP contribution is 2.37. The monoisotopic (exact) mass is 336 g/mol. The number of thiazole rings is 1. The van der Waals surface area contributed by atoms with Gasteiger partial charge in [-0.2, -0.15) is 0 Å². The van der Waals surface area contributed by atoms with E-state index in [1.807, 2.05) is 13.8 Å². The normalized spacial score (nSPS) is 25.7. The standard InChI is InChI=1S/C17H24N2O3S/c1-10-7-8-13(17(21)22)9-19(10)16(20)14-11(2)18-15(23-14)12-5-3-4-6-12/h10,12-13H,3-9H2,1-2H3,(H,21,22). The van der Waals surface area contributed by atoms with E-state index in [2.05, 4.69) is 4.98 Å². The Balaban J connectivity index is 1.80. The van der Waals surface area contributed by atoms with E-state index in [0.29, 0.717) is 23.8 Å². The molecule has 1 aliphatic heterocycles. The van der Waals surface area contributed by atoms with Crippen molar-refractivity contribution in [3.05, 3.63) is 15.6 Å². The van der Waals surface area contributed by atoms with Crippen LogP contribution < -0.4 is 0 Å². The molecule has 1 saturated heterocycles. The molecule has 0 bridgehead atoms. The van der Waals surface area contributed by atoms with E-state index in [1.165, 1.54) is 37.0 Å². The van der Waals surface area contributed by atoms with Gasteiger partial charge in [0.1, 0.15) is 4.88 Å². The van der Waals surface area contributed by atoms with Crippen LogP contribution in [0.1, 0.15) is 71.7 Å². The Morgan fingerprint density at radius 3 is 2.57 bits per heavy atom. The van der Waals surface area contributed by atoms with Crippen LogP contribution in [-0.2, 0) is 4.79 Å². The third-order valence-electron chi connectivity index (χ3n) is 5.20. The maximum Gasteiger partial charge on any atom is 0.308 e. The summed E-state index contributed by atoms with van der Waals surface area (Å²) < 4.78 is 0. The van der Waals surface area contributed by atoms with Crippen molar-refractivity contribution in [3.8, 4) is 0 Å². The van der Waals surface area contributed by atoms with Gasteiger partial charge >= 0.3 is 5.97 Å². The predicted octanol–water partition coefficient (Wildman–Crippen LogP) is 3.43. The van der Waals surface area contributed by atoms with Crippen molar-refractivity contribution < 1.29 is 14.7 Å². The molecule has 0 spiro atoms. The SMILES string of the molecule is Cc1nc(C2CCCC2)sc1C(=O)N1CC(C(=O)O)CCC1C. The number of aryl methyl sites for hydroxylation is 1. The Morgan fingerprint density at radius 1 is 1.22 bits per heavy atom. The first kappa shape index (κ1) is 16.4. The summed E-state index contributed by atoms with van der Waals surface area (Å²) in [6.07, 6.45) is 6.22. The molecule has 126 valence electrons. The number of nitrogens with zero attached hydrogens (tertiary/aromatic N) is 2. The van der Waals surface area contributed by atoms with Crippen LogP contribution in [0.15, 0.2) is 0 Å². The van der Waals surface area contributed by atoms with Gasteiger partial charge in [-0.05, 0) is 39.5 Å². The second kappa shape index (κ2) is 6.59. The Bertz CT molecular complexity index is 607. The summed E-state index contributed by atoms with van der Waals surface area (Å²) in [4.78, 5) is 31.3. The lowest BCUT2D eigenvalue weighted by molar-refractivity contribution is -0.143. The average molecular weight is 336 g/mol. The molecule has 6 heteroatoms. The number of carboxylic acids is 1. The highest BCUT2D eigenvalue weighted by molar-refractivity contribution is 7.13. The number of carboxylic acid groups (broad SMARTS) is 1. The van der Waals surface area contributed by atoms with Crippen molar-refractivity contribution >= 4 is 23.2 Å². The van der Waals surface area contributed by atoms with Crippen molar-refractivity contribution in [3.63, 3.8) is 0 Å². The van der Waals surface area contributed by atoms with Crippen molar-refractivity contribution in [2.24, 2.45) is 5.92 Å². The largest absolute Gasteiger partial charge is 0.481 e. The predicted molar refractivity (Wildman–Crippen MR) is 88.9 cm³/mol. The van der Waals surface area contributed by atoms with Gasteiger partial charge in [-0.3, -0.25) is 9.59 Å². The lowest BCUT2D eigenvalue weighted by Crippen LogP contribution is -2.47. The van der Waals surface area contributed by atoms with Gasteiger partial charge in [0.05, 0.1) is 16.6 Å².